The summed E-state index contributed by atoms with van der Waals surface area (Å²) in [6.45, 7) is 2.13. The van der Waals surface area contributed by atoms with Gasteiger partial charge in [-0.05, 0) is 24.6 Å². The third-order valence-electron chi connectivity index (χ3n) is 2.67. The van der Waals surface area contributed by atoms with Gasteiger partial charge in [0.2, 0.25) is 0 Å². The van der Waals surface area contributed by atoms with Crippen molar-refractivity contribution in [2.24, 2.45) is 0 Å². The van der Waals surface area contributed by atoms with Crippen LogP contribution in [0.4, 0.5) is 0 Å². The molecule has 1 heterocycles. The highest BCUT2D eigenvalue weighted by Gasteiger charge is 2.12. The molecule has 0 amide bonds. The number of furan rings is 1. The predicted octanol–water partition coefficient (Wildman–Crippen LogP) is 2.86. The van der Waals surface area contributed by atoms with Gasteiger partial charge >= 0.3 is 5.97 Å². The van der Waals surface area contributed by atoms with Gasteiger partial charge in [0, 0.05) is 5.56 Å². The third kappa shape index (κ3) is 3.10. The van der Waals surface area contributed by atoms with E-state index in [1.54, 1.807) is 19.1 Å². The fourth-order valence-corrected chi connectivity index (χ4v) is 1.84. The molecule has 0 spiro atoms. The van der Waals surface area contributed by atoms with E-state index in [4.69, 9.17) is 9.15 Å². The van der Waals surface area contributed by atoms with Gasteiger partial charge < -0.3 is 9.15 Å². The van der Waals surface area contributed by atoms with Gasteiger partial charge in [-0.1, -0.05) is 24.3 Å². The van der Waals surface area contributed by atoms with Crippen LogP contribution >= 0.6 is 0 Å². The average molecular weight is 258 g/mol. The summed E-state index contributed by atoms with van der Waals surface area (Å²) in [5, 5.41) is 0. The van der Waals surface area contributed by atoms with Gasteiger partial charge in [0.05, 0.1) is 13.0 Å². The molecule has 0 fully saturated rings. The van der Waals surface area contributed by atoms with E-state index in [2.05, 4.69) is 0 Å². The molecule has 0 aliphatic rings. The average Bonchev–Trinajstić information content (AvgIpc) is 2.88. The largest absolute Gasteiger partial charge is 0.466 e. The van der Waals surface area contributed by atoms with E-state index in [0.717, 1.165) is 11.1 Å². The molecule has 0 bridgehead atoms. The molecule has 0 aliphatic heterocycles. The molecule has 4 nitrogen and oxygen atoms in total. The van der Waals surface area contributed by atoms with Crippen molar-refractivity contribution in [3.8, 4) is 11.3 Å². The van der Waals surface area contributed by atoms with E-state index in [0.29, 0.717) is 18.7 Å². The minimum atomic E-state index is -0.280. The van der Waals surface area contributed by atoms with Crippen molar-refractivity contribution in [3.05, 3.63) is 47.7 Å². The molecule has 0 atom stereocenters. The highest BCUT2D eigenvalue weighted by molar-refractivity contribution is 5.78. The van der Waals surface area contributed by atoms with Crippen molar-refractivity contribution in [2.45, 2.75) is 13.3 Å². The molecule has 0 N–H and O–H groups in total. The zero-order valence-corrected chi connectivity index (χ0v) is 10.6. The van der Waals surface area contributed by atoms with Crippen LogP contribution in [-0.2, 0) is 16.0 Å². The molecule has 0 saturated heterocycles. The molecule has 0 radical (unpaired) electrons. The Morgan fingerprint density at radius 2 is 2.05 bits per heavy atom. The Hall–Kier alpha value is -2.36. The standard InChI is InChI=1S/C15H14O4/c1-2-18-15(17)9-11-5-3-4-6-13(11)14-8-7-12(10-16)19-14/h3-8,10H,2,9H2,1H3. The lowest BCUT2D eigenvalue weighted by molar-refractivity contribution is -0.142. The Balaban J connectivity index is 2.30. The number of carbonyl (C=O) groups is 2. The molecule has 1 aromatic heterocycles. The maximum Gasteiger partial charge on any atom is 0.310 e. The van der Waals surface area contributed by atoms with Crippen LogP contribution in [0, 0.1) is 0 Å². The van der Waals surface area contributed by atoms with Crippen LogP contribution in [0.25, 0.3) is 11.3 Å². The van der Waals surface area contributed by atoms with Crippen LogP contribution in [-0.4, -0.2) is 18.9 Å². The van der Waals surface area contributed by atoms with Crippen molar-refractivity contribution >= 4 is 12.3 Å². The van der Waals surface area contributed by atoms with Crippen LogP contribution in [0.2, 0.25) is 0 Å². The second-order valence-corrected chi connectivity index (χ2v) is 3.96. The maximum absolute atomic E-state index is 11.5. The van der Waals surface area contributed by atoms with Crippen molar-refractivity contribution in [1.82, 2.24) is 0 Å². The number of rotatable bonds is 5. The van der Waals surface area contributed by atoms with Gasteiger partial charge in [-0.15, -0.1) is 0 Å². The summed E-state index contributed by atoms with van der Waals surface area (Å²) in [6.07, 6.45) is 0.832. The fourth-order valence-electron chi connectivity index (χ4n) is 1.84. The van der Waals surface area contributed by atoms with Crippen LogP contribution in [0.3, 0.4) is 0 Å². The quantitative estimate of drug-likeness (QED) is 0.611. The molecule has 0 saturated carbocycles. The Morgan fingerprint density at radius 3 is 2.74 bits per heavy atom. The molecule has 4 heteroatoms. The van der Waals surface area contributed by atoms with E-state index in [1.807, 2.05) is 24.3 Å². The number of ether oxygens (including phenoxy) is 1. The van der Waals surface area contributed by atoms with Crippen molar-refractivity contribution in [3.63, 3.8) is 0 Å². The molecule has 98 valence electrons. The van der Waals surface area contributed by atoms with Crippen LogP contribution < -0.4 is 0 Å². The monoisotopic (exact) mass is 258 g/mol. The van der Waals surface area contributed by atoms with Gasteiger partial charge in [0.25, 0.3) is 0 Å². The van der Waals surface area contributed by atoms with E-state index < -0.39 is 0 Å². The van der Waals surface area contributed by atoms with E-state index >= 15 is 0 Å². The summed E-state index contributed by atoms with van der Waals surface area (Å²) in [4.78, 5) is 22.2. The second kappa shape index (κ2) is 6.00. The fraction of sp³-hybridized carbons (Fsp3) is 0.200. The Kier molecular flexibility index (Phi) is 4.13. The molecule has 19 heavy (non-hydrogen) atoms. The molecule has 1 aromatic carbocycles. The number of benzene rings is 1. The topological polar surface area (TPSA) is 56.5 Å². The molecule has 0 aliphatic carbocycles. The molecule has 2 rings (SSSR count). The number of hydrogen-bond acceptors (Lipinski definition) is 4. The first-order chi connectivity index (χ1) is 9.24. The van der Waals surface area contributed by atoms with Crippen LogP contribution in [0.15, 0.2) is 40.8 Å². The van der Waals surface area contributed by atoms with Gasteiger partial charge in [-0.3, -0.25) is 9.59 Å². The Morgan fingerprint density at radius 1 is 1.26 bits per heavy atom. The van der Waals surface area contributed by atoms with Gasteiger partial charge in [-0.25, -0.2) is 0 Å². The maximum atomic E-state index is 11.5. The first kappa shape index (κ1) is 13.1. The lowest BCUT2D eigenvalue weighted by Gasteiger charge is -2.06. The number of esters is 1. The van der Waals surface area contributed by atoms with Crippen LogP contribution in [0.5, 0.6) is 0 Å². The summed E-state index contributed by atoms with van der Waals surface area (Å²) in [5.41, 5.74) is 1.61. The second-order valence-electron chi connectivity index (χ2n) is 3.96. The Bertz CT molecular complexity index is 583. The minimum Gasteiger partial charge on any atom is -0.466 e. The Labute approximate surface area is 111 Å². The van der Waals surface area contributed by atoms with E-state index in [-0.39, 0.29) is 18.2 Å². The highest BCUT2D eigenvalue weighted by Crippen LogP contribution is 2.26. The first-order valence-electron chi connectivity index (χ1n) is 6.03. The summed E-state index contributed by atoms with van der Waals surface area (Å²) in [5.74, 6) is 0.556. The van der Waals surface area contributed by atoms with Crippen molar-refractivity contribution in [2.75, 3.05) is 6.61 Å². The molecular weight excluding hydrogens is 244 g/mol. The SMILES string of the molecule is CCOC(=O)Cc1ccccc1-c1ccc(C=O)o1. The zero-order chi connectivity index (χ0) is 13.7. The van der Waals surface area contributed by atoms with Gasteiger partial charge in [0.1, 0.15) is 5.76 Å². The highest BCUT2D eigenvalue weighted by atomic mass is 16.5. The van der Waals surface area contributed by atoms with Crippen molar-refractivity contribution < 1.29 is 18.7 Å². The predicted molar refractivity (Wildman–Crippen MR) is 69.9 cm³/mol. The number of carbonyl (C=O) groups excluding carboxylic acids is 2. The third-order valence-corrected chi connectivity index (χ3v) is 2.67. The number of hydrogen-bond donors (Lipinski definition) is 0. The van der Waals surface area contributed by atoms with Gasteiger partial charge in [-0.2, -0.15) is 0 Å². The summed E-state index contributed by atoms with van der Waals surface area (Å²) in [7, 11) is 0. The lowest BCUT2D eigenvalue weighted by atomic mass is 10.0. The molecular formula is C15H14O4. The minimum absolute atomic E-state index is 0.182. The summed E-state index contributed by atoms with van der Waals surface area (Å²) < 4.78 is 10.3. The lowest BCUT2D eigenvalue weighted by Crippen LogP contribution is -2.08. The summed E-state index contributed by atoms with van der Waals surface area (Å²) >= 11 is 0. The summed E-state index contributed by atoms with van der Waals surface area (Å²) in [6, 6.07) is 10.7. The smallest absolute Gasteiger partial charge is 0.310 e. The molecule has 0 unspecified atom stereocenters. The van der Waals surface area contributed by atoms with E-state index in [9.17, 15) is 9.59 Å². The van der Waals surface area contributed by atoms with Crippen molar-refractivity contribution in [1.29, 1.82) is 0 Å². The van der Waals surface area contributed by atoms with Crippen LogP contribution in [0.1, 0.15) is 23.0 Å². The first-order valence-corrected chi connectivity index (χ1v) is 6.03. The van der Waals surface area contributed by atoms with E-state index in [1.165, 1.54) is 0 Å². The van der Waals surface area contributed by atoms with Gasteiger partial charge in [0.15, 0.2) is 12.0 Å². The molecule has 2 aromatic rings. The zero-order valence-electron chi connectivity index (χ0n) is 10.6. The normalized spacial score (nSPS) is 10.2. The number of aldehydes is 1.